The molecular weight excluding hydrogens is 290 g/mol. The van der Waals surface area contributed by atoms with Crippen molar-refractivity contribution < 1.29 is 13.2 Å². The summed E-state index contributed by atoms with van der Waals surface area (Å²) < 4.78 is 22.3. The minimum absolute atomic E-state index is 0.0850. The zero-order valence-corrected chi connectivity index (χ0v) is 12.7. The molecule has 0 radical (unpaired) electrons. The number of nitrogens with two attached hydrogens (primary N) is 1. The molecule has 2 N–H and O–H groups in total. The number of anilines is 1. The van der Waals surface area contributed by atoms with Crippen molar-refractivity contribution in [2.45, 2.75) is 0 Å². The quantitative estimate of drug-likeness (QED) is 0.907. The van der Waals surface area contributed by atoms with Crippen LogP contribution in [0.15, 0.2) is 30.3 Å². The summed E-state index contributed by atoms with van der Waals surface area (Å²) in [6, 6.07) is 9.04. The number of sulfone groups is 1. The fraction of sp³-hybridized carbons (Fsp3) is 0.286. The van der Waals surface area contributed by atoms with Crippen molar-refractivity contribution in [2.24, 2.45) is 0 Å². The van der Waals surface area contributed by atoms with E-state index >= 15 is 0 Å². The Morgan fingerprint density at radius 3 is 2.67 bits per heavy atom. The van der Waals surface area contributed by atoms with Crippen LogP contribution in [-0.2, 0) is 9.84 Å². The Morgan fingerprint density at radius 1 is 1.33 bits per heavy atom. The Kier molecular flexibility index (Phi) is 4.13. The first kappa shape index (κ1) is 15.2. The van der Waals surface area contributed by atoms with Crippen molar-refractivity contribution in [3.05, 3.63) is 36.0 Å². The number of hydrogen-bond acceptors (Lipinski definition) is 5. The summed E-state index contributed by atoms with van der Waals surface area (Å²) in [6.07, 6.45) is 1.14. The van der Waals surface area contributed by atoms with E-state index in [-0.39, 0.29) is 29.7 Å². The van der Waals surface area contributed by atoms with Gasteiger partial charge in [-0.15, -0.1) is 0 Å². The minimum Gasteiger partial charge on any atom is -0.383 e. The van der Waals surface area contributed by atoms with Crippen molar-refractivity contribution >= 4 is 32.3 Å². The second-order valence-electron chi connectivity index (χ2n) is 4.97. The van der Waals surface area contributed by atoms with E-state index in [1.165, 1.54) is 4.90 Å². The van der Waals surface area contributed by atoms with E-state index in [2.05, 4.69) is 4.98 Å². The van der Waals surface area contributed by atoms with E-state index < -0.39 is 9.84 Å². The van der Waals surface area contributed by atoms with E-state index in [1.54, 1.807) is 13.1 Å². The fourth-order valence-corrected chi connectivity index (χ4v) is 2.54. The number of fused-ring (bicyclic) bond motifs is 1. The Labute approximate surface area is 123 Å². The highest BCUT2D eigenvalue weighted by Gasteiger charge is 2.16. The molecular formula is C14H17N3O3S. The van der Waals surface area contributed by atoms with Crippen LogP contribution in [0.5, 0.6) is 0 Å². The van der Waals surface area contributed by atoms with Gasteiger partial charge in [-0.1, -0.05) is 24.3 Å². The summed E-state index contributed by atoms with van der Waals surface area (Å²) in [7, 11) is -1.57. The molecule has 0 atom stereocenters. The van der Waals surface area contributed by atoms with Crippen molar-refractivity contribution in [1.82, 2.24) is 9.88 Å². The number of amides is 1. The Hall–Kier alpha value is -2.15. The molecule has 0 aliphatic rings. The maximum absolute atomic E-state index is 12.3. The van der Waals surface area contributed by atoms with Gasteiger partial charge in [-0.25, -0.2) is 13.4 Å². The standard InChI is InChI=1S/C14H17N3O3S/c1-17(7-8-21(2,19)20)14(18)12-9-10-5-3-4-6-11(10)13(15)16-12/h3-6,9H,7-8H2,1-2H3,(H2,15,16). The largest absolute Gasteiger partial charge is 0.383 e. The Balaban J connectivity index is 2.27. The molecule has 0 fully saturated rings. The first-order chi connectivity index (χ1) is 9.78. The second kappa shape index (κ2) is 5.69. The molecule has 2 rings (SSSR count). The Morgan fingerprint density at radius 2 is 2.00 bits per heavy atom. The molecule has 1 heterocycles. The number of hydrogen-bond donors (Lipinski definition) is 1. The Bertz CT molecular complexity index is 787. The maximum Gasteiger partial charge on any atom is 0.272 e. The smallest absolute Gasteiger partial charge is 0.272 e. The van der Waals surface area contributed by atoms with Crippen molar-refractivity contribution in [2.75, 3.05) is 31.3 Å². The number of benzene rings is 1. The third kappa shape index (κ3) is 3.69. The molecule has 0 spiro atoms. The zero-order valence-electron chi connectivity index (χ0n) is 11.9. The molecule has 0 unspecified atom stereocenters. The predicted molar refractivity (Wildman–Crippen MR) is 82.8 cm³/mol. The van der Waals surface area contributed by atoms with Gasteiger partial charge in [0.2, 0.25) is 0 Å². The average molecular weight is 307 g/mol. The van der Waals surface area contributed by atoms with Crippen LogP contribution in [0.2, 0.25) is 0 Å². The van der Waals surface area contributed by atoms with E-state index in [1.807, 2.05) is 24.3 Å². The maximum atomic E-state index is 12.3. The lowest BCUT2D eigenvalue weighted by Gasteiger charge is -2.16. The number of nitrogens with zero attached hydrogens (tertiary/aromatic N) is 2. The lowest BCUT2D eigenvalue weighted by Crippen LogP contribution is -2.32. The summed E-state index contributed by atoms with van der Waals surface area (Å²) in [5.41, 5.74) is 6.07. The number of carbonyl (C=O) groups excluding carboxylic acids is 1. The second-order valence-corrected chi connectivity index (χ2v) is 7.23. The first-order valence-electron chi connectivity index (χ1n) is 6.36. The van der Waals surface area contributed by atoms with Gasteiger partial charge >= 0.3 is 0 Å². The van der Waals surface area contributed by atoms with Gasteiger partial charge in [0.25, 0.3) is 5.91 Å². The summed E-state index contributed by atoms with van der Waals surface area (Å²) in [6.45, 7) is 0.117. The summed E-state index contributed by atoms with van der Waals surface area (Å²) in [5.74, 6) is -0.151. The molecule has 0 aliphatic carbocycles. The lowest BCUT2D eigenvalue weighted by molar-refractivity contribution is 0.0798. The summed E-state index contributed by atoms with van der Waals surface area (Å²) in [4.78, 5) is 17.7. The lowest BCUT2D eigenvalue weighted by atomic mass is 10.1. The van der Waals surface area contributed by atoms with E-state index in [0.29, 0.717) is 0 Å². The zero-order chi connectivity index (χ0) is 15.6. The van der Waals surface area contributed by atoms with Gasteiger partial charge in [0.15, 0.2) is 0 Å². The molecule has 1 aromatic heterocycles. The van der Waals surface area contributed by atoms with Crippen LogP contribution in [0.1, 0.15) is 10.5 Å². The van der Waals surface area contributed by atoms with Crippen LogP contribution >= 0.6 is 0 Å². The molecule has 21 heavy (non-hydrogen) atoms. The van der Waals surface area contributed by atoms with Crippen LogP contribution in [-0.4, -0.2) is 49.8 Å². The van der Waals surface area contributed by atoms with Crippen LogP contribution in [0.25, 0.3) is 10.8 Å². The van der Waals surface area contributed by atoms with Crippen LogP contribution in [0.3, 0.4) is 0 Å². The molecule has 6 nitrogen and oxygen atoms in total. The molecule has 0 bridgehead atoms. The van der Waals surface area contributed by atoms with E-state index in [9.17, 15) is 13.2 Å². The molecule has 112 valence electrons. The molecule has 0 saturated carbocycles. The fourth-order valence-electron chi connectivity index (χ4n) is 1.94. The van der Waals surface area contributed by atoms with Gasteiger partial charge in [0, 0.05) is 25.2 Å². The number of rotatable bonds is 4. The van der Waals surface area contributed by atoms with Crippen LogP contribution in [0, 0.1) is 0 Å². The third-order valence-electron chi connectivity index (χ3n) is 3.13. The first-order valence-corrected chi connectivity index (χ1v) is 8.42. The average Bonchev–Trinajstić information content (AvgIpc) is 2.43. The summed E-state index contributed by atoms with van der Waals surface area (Å²) in [5, 5.41) is 1.61. The topological polar surface area (TPSA) is 93.4 Å². The van der Waals surface area contributed by atoms with Crippen LogP contribution < -0.4 is 5.73 Å². The number of carbonyl (C=O) groups is 1. The summed E-state index contributed by atoms with van der Waals surface area (Å²) >= 11 is 0. The van der Waals surface area contributed by atoms with E-state index in [0.717, 1.165) is 17.0 Å². The molecule has 1 aromatic carbocycles. The molecule has 0 saturated heterocycles. The molecule has 7 heteroatoms. The van der Waals surface area contributed by atoms with Gasteiger partial charge < -0.3 is 10.6 Å². The van der Waals surface area contributed by atoms with Gasteiger partial charge in [-0.05, 0) is 11.5 Å². The SMILES string of the molecule is CN(CCS(C)(=O)=O)C(=O)c1cc2ccccc2c(N)n1. The number of pyridine rings is 1. The van der Waals surface area contributed by atoms with E-state index in [4.69, 9.17) is 5.73 Å². The predicted octanol–water partition coefficient (Wildman–Crippen LogP) is 0.934. The van der Waals surface area contributed by atoms with Gasteiger partial charge in [0.1, 0.15) is 21.3 Å². The van der Waals surface area contributed by atoms with Crippen molar-refractivity contribution in [3.63, 3.8) is 0 Å². The highest BCUT2D eigenvalue weighted by Crippen LogP contribution is 2.20. The monoisotopic (exact) mass is 307 g/mol. The number of nitrogen functional groups attached to an aromatic ring is 1. The number of aromatic nitrogens is 1. The minimum atomic E-state index is -3.12. The third-order valence-corrected chi connectivity index (χ3v) is 4.06. The molecule has 0 aliphatic heterocycles. The van der Waals surface area contributed by atoms with Gasteiger partial charge in [-0.2, -0.15) is 0 Å². The van der Waals surface area contributed by atoms with Crippen LogP contribution in [0.4, 0.5) is 5.82 Å². The van der Waals surface area contributed by atoms with Gasteiger partial charge in [-0.3, -0.25) is 4.79 Å². The highest BCUT2D eigenvalue weighted by atomic mass is 32.2. The molecule has 1 amide bonds. The van der Waals surface area contributed by atoms with Gasteiger partial charge in [0.05, 0.1) is 5.75 Å². The molecule has 2 aromatic rings. The highest BCUT2D eigenvalue weighted by molar-refractivity contribution is 7.90. The van der Waals surface area contributed by atoms with Crippen molar-refractivity contribution in [3.8, 4) is 0 Å². The van der Waals surface area contributed by atoms with Crippen molar-refractivity contribution in [1.29, 1.82) is 0 Å². The normalized spacial score (nSPS) is 11.5.